The second-order valence-electron chi connectivity index (χ2n) is 5.17. The fourth-order valence-electron chi connectivity index (χ4n) is 2.06. The Morgan fingerprint density at radius 2 is 1.50 bits per heavy atom. The zero-order valence-corrected chi connectivity index (χ0v) is 17.3. The molecule has 3 nitrogen and oxygen atoms in total. The van der Waals surface area contributed by atoms with E-state index in [2.05, 4.69) is 0 Å². The van der Waals surface area contributed by atoms with Crippen LogP contribution in [0, 0.1) is 27.7 Å². The van der Waals surface area contributed by atoms with Crippen molar-refractivity contribution < 1.29 is 43.5 Å². The fraction of sp³-hybridized carbons (Fsp3) is 0.250. The fourth-order valence-corrected chi connectivity index (χ4v) is 4.81. The van der Waals surface area contributed by atoms with Crippen LogP contribution in [0.1, 0.15) is 22.3 Å². The zero-order valence-electron chi connectivity index (χ0n) is 13.5. The van der Waals surface area contributed by atoms with Crippen molar-refractivity contribution in [3.63, 3.8) is 0 Å². The Morgan fingerprint density at radius 3 is 2.05 bits per heavy atom. The molecular weight excluding hydrogens is 326 g/mol. The van der Waals surface area contributed by atoms with E-state index in [1.807, 2.05) is 58.0 Å². The van der Waals surface area contributed by atoms with Gasteiger partial charge in [0.15, 0.2) is 0 Å². The quantitative estimate of drug-likeness (QED) is 0.624. The van der Waals surface area contributed by atoms with E-state index in [1.165, 1.54) is 0 Å². The second kappa shape index (κ2) is 8.05. The predicted octanol–water partition coefficient (Wildman–Crippen LogP) is 1.56. The van der Waals surface area contributed by atoms with Gasteiger partial charge in [-0.25, -0.2) is 0 Å². The molecule has 2 rings (SSSR count). The Hall–Kier alpha value is -0.220. The number of benzene rings is 2. The summed E-state index contributed by atoms with van der Waals surface area (Å²) in [6, 6.07) is 11.1. The summed E-state index contributed by atoms with van der Waals surface area (Å²) in [6.45, 7) is 3.61. The van der Waals surface area contributed by atoms with Gasteiger partial charge in [0.25, 0.3) is 0 Å². The van der Waals surface area contributed by atoms with Crippen molar-refractivity contribution in [1.82, 2.24) is 0 Å². The van der Waals surface area contributed by atoms with E-state index >= 15 is 0 Å². The van der Waals surface area contributed by atoms with E-state index in [-0.39, 0.29) is 29.6 Å². The molecule has 0 aromatic heterocycles. The maximum absolute atomic E-state index is 12.2. The molecule has 0 saturated carbocycles. The van der Waals surface area contributed by atoms with Crippen LogP contribution in [0.4, 0.5) is 0 Å². The van der Waals surface area contributed by atoms with Gasteiger partial charge in [-0.05, 0) is 62.3 Å². The molecule has 0 N–H and O–H groups in total. The summed E-state index contributed by atoms with van der Waals surface area (Å²) >= 11 is 0.767. The second-order valence-corrected chi connectivity index (χ2v) is 8.76. The first-order valence-corrected chi connectivity index (χ1v) is 9.58. The van der Waals surface area contributed by atoms with Crippen LogP contribution in [0.15, 0.2) is 41.3 Å². The van der Waals surface area contributed by atoms with E-state index in [0.717, 1.165) is 33.6 Å². The van der Waals surface area contributed by atoms with Crippen molar-refractivity contribution in [3.05, 3.63) is 58.7 Å². The molecule has 0 aliphatic carbocycles. The minimum absolute atomic E-state index is 0. The molecule has 0 heterocycles. The Balaban J connectivity index is 0.00000242. The van der Waals surface area contributed by atoms with E-state index in [4.69, 9.17) is 4.52 Å². The standard InChI is InChI=1S/C16H19O3PS.Na/c1-11-5-7-15(13(3)9-11)19-20(17,18)21-16-8-6-12(2)10-14(16)4;/h5-10H,1-4H3,(H,17,18);/q;+1/p-1. The SMILES string of the molecule is Cc1ccc(OP(=O)([O-])Sc2ccc(C)cc2C)c(C)c1.[Na+]. The molecule has 1 unspecified atom stereocenters. The maximum Gasteiger partial charge on any atom is 1.00 e. The third-order valence-corrected chi connectivity index (χ3v) is 5.86. The van der Waals surface area contributed by atoms with Gasteiger partial charge in [0.1, 0.15) is 5.75 Å². The van der Waals surface area contributed by atoms with Crippen LogP contribution in [0.2, 0.25) is 0 Å². The Kier molecular flexibility index (Phi) is 7.25. The van der Waals surface area contributed by atoms with Gasteiger partial charge in [-0.1, -0.05) is 35.4 Å². The van der Waals surface area contributed by atoms with Gasteiger partial charge in [0, 0.05) is 4.90 Å². The summed E-state index contributed by atoms with van der Waals surface area (Å²) in [7, 11) is 0. The van der Waals surface area contributed by atoms with Crippen LogP contribution in [0.25, 0.3) is 0 Å². The van der Waals surface area contributed by atoms with Gasteiger partial charge in [-0.15, -0.1) is 0 Å². The van der Waals surface area contributed by atoms with Crippen LogP contribution >= 0.6 is 18.2 Å². The normalized spacial score (nSPS) is 13.1. The molecule has 6 heteroatoms. The molecule has 0 radical (unpaired) electrons. The van der Waals surface area contributed by atoms with Crippen molar-refractivity contribution in [1.29, 1.82) is 0 Å². The van der Waals surface area contributed by atoms with Gasteiger partial charge < -0.3 is 9.42 Å². The van der Waals surface area contributed by atoms with Crippen LogP contribution in [-0.2, 0) is 4.57 Å². The largest absolute Gasteiger partial charge is 1.00 e. The molecule has 0 fully saturated rings. The van der Waals surface area contributed by atoms with Gasteiger partial charge in [-0.2, -0.15) is 0 Å². The Bertz CT molecular complexity index is 661. The summed E-state index contributed by atoms with van der Waals surface area (Å²) in [5, 5.41) is 0. The van der Waals surface area contributed by atoms with Crippen LogP contribution in [0.5, 0.6) is 5.75 Å². The molecule has 22 heavy (non-hydrogen) atoms. The molecule has 112 valence electrons. The molecule has 1 atom stereocenters. The summed E-state index contributed by atoms with van der Waals surface area (Å²) in [6.07, 6.45) is 0. The van der Waals surface area contributed by atoms with Gasteiger partial charge in [0.05, 0.1) is 0 Å². The van der Waals surface area contributed by atoms with Gasteiger partial charge >= 0.3 is 29.6 Å². The van der Waals surface area contributed by atoms with E-state index < -0.39 is 6.80 Å². The number of hydrogen-bond acceptors (Lipinski definition) is 4. The summed E-state index contributed by atoms with van der Waals surface area (Å²) in [4.78, 5) is 12.9. The first kappa shape index (κ1) is 19.8. The molecule has 2 aromatic rings. The summed E-state index contributed by atoms with van der Waals surface area (Å²) < 4.78 is 17.5. The topological polar surface area (TPSA) is 49.4 Å². The van der Waals surface area contributed by atoms with E-state index in [0.29, 0.717) is 10.6 Å². The summed E-state index contributed by atoms with van der Waals surface area (Å²) in [5.41, 5.74) is 3.92. The molecule has 0 amide bonds. The maximum atomic E-state index is 12.2. The molecule has 0 bridgehead atoms. The first-order valence-electron chi connectivity index (χ1n) is 6.61. The third-order valence-electron chi connectivity index (χ3n) is 3.08. The molecule has 0 aliphatic heterocycles. The van der Waals surface area contributed by atoms with Gasteiger partial charge in [-0.3, -0.25) is 4.57 Å². The van der Waals surface area contributed by atoms with Crippen LogP contribution < -0.4 is 39.0 Å². The summed E-state index contributed by atoms with van der Waals surface area (Å²) in [5.74, 6) is 0.385. The van der Waals surface area contributed by atoms with Crippen molar-refractivity contribution in [3.8, 4) is 5.75 Å². The van der Waals surface area contributed by atoms with E-state index in [9.17, 15) is 9.46 Å². The smallest absolute Gasteiger partial charge is 0.760 e. The average Bonchev–Trinajstić information content (AvgIpc) is 2.36. The number of aryl methyl sites for hydroxylation is 4. The van der Waals surface area contributed by atoms with Crippen LogP contribution in [0.3, 0.4) is 0 Å². The van der Waals surface area contributed by atoms with Gasteiger partial charge in [0.2, 0.25) is 6.80 Å². The Labute approximate surface area is 158 Å². The van der Waals surface area contributed by atoms with Crippen LogP contribution in [-0.4, -0.2) is 0 Å². The monoisotopic (exact) mass is 344 g/mol. The molecule has 0 aliphatic rings. The Morgan fingerprint density at radius 1 is 0.955 bits per heavy atom. The third kappa shape index (κ3) is 5.45. The van der Waals surface area contributed by atoms with Crippen molar-refractivity contribution in [2.45, 2.75) is 32.6 Å². The van der Waals surface area contributed by atoms with Crippen molar-refractivity contribution >= 4 is 18.2 Å². The molecule has 2 aromatic carbocycles. The number of hydrogen-bond donors (Lipinski definition) is 0. The average molecular weight is 344 g/mol. The number of rotatable bonds is 4. The molecule has 0 spiro atoms. The molecule has 0 saturated heterocycles. The van der Waals surface area contributed by atoms with E-state index in [1.54, 1.807) is 6.07 Å². The van der Waals surface area contributed by atoms with Crippen molar-refractivity contribution in [2.24, 2.45) is 0 Å². The minimum Gasteiger partial charge on any atom is -0.760 e. The van der Waals surface area contributed by atoms with Crippen molar-refractivity contribution in [2.75, 3.05) is 0 Å². The minimum atomic E-state index is -4.05. The zero-order chi connectivity index (χ0) is 15.6. The molecular formula is C16H18NaO3PS. The first-order chi connectivity index (χ1) is 9.77. The predicted molar refractivity (Wildman–Crippen MR) is 85.9 cm³/mol.